The summed E-state index contributed by atoms with van der Waals surface area (Å²) in [6.07, 6.45) is 2.98. The smallest absolute Gasteiger partial charge is 0.326 e. The van der Waals surface area contributed by atoms with E-state index < -0.39 is 0 Å². The van der Waals surface area contributed by atoms with Gasteiger partial charge in [-0.05, 0) is 37.1 Å². The van der Waals surface area contributed by atoms with Gasteiger partial charge >= 0.3 is 6.01 Å². The third kappa shape index (κ3) is 2.54. The van der Waals surface area contributed by atoms with Gasteiger partial charge in [-0.15, -0.1) is 4.37 Å². The quantitative estimate of drug-likeness (QED) is 0.559. The van der Waals surface area contributed by atoms with Crippen LogP contribution in [-0.4, -0.2) is 23.7 Å². The fraction of sp³-hybridized carbons (Fsp3) is 0.133. The van der Waals surface area contributed by atoms with E-state index >= 15 is 0 Å². The Bertz CT molecular complexity index is 1010. The van der Waals surface area contributed by atoms with E-state index in [1.165, 1.54) is 12.4 Å². The number of ether oxygens (including phenoxy) is 1. The van der Waals surface area contributed by atoms with Crippen molar-refractivity contribution in [3.05, 3.63) is 35.7 Å². The fourth-order valence-corrected chi connectivity index (χ4v) is 2.61. The van der Waals surface area contributed by atoms with Gasteiger partial charge in [0, 0.05) is 5.56 Å². The van der Waals surface area contributed by atoms with E-state index in [9.17, 15) is 5.11 Å². The van der Waals surface area contributed by atoms with Crippen molar-refractivity contribution < 1.29 is 14.3 Å². The Kier molecular flexibility index (Phi) is 3.35. The minimum absolute atomic E-state index is 0.0159. The van der Waals surface area contributed by atoms with Crippen LogP contribution in [-0.2, 0) is 5.11 Å². The first kappa shape index (κ1) is 14.5. The van der Waals surface area contributed by atoms with Crippen molar-refractivity contribution in [1.29, 1.82) is 0 Å². The average molecular weight is 340 g/mol. The molecule has 0 spiro atoms. The zero-order chi connectivity index (χ0) is 16.7. The Balaban J connectivity index is 1.73. The van der Waals surface area contributed by atoms with Gasteiger partial charge < -0.3 is 9.15 Å². The number of hydrogen-bond donors (Lipinski definition) is 0. The predicted octanol–water partition coefficient (Wildman–Crippen LogP) is 3.69. The third-order valence-electron chi connectivity index (χ3n) is 3.37. The van der Waals surface area contributed by atoms with Crippen LogP contribution in [0.4, 0.5) is 0 Å². The first-order valence-electron chi connectivity index (χ1n) is 6.98. The van der Waals surface area contributed by atoms with Crippen LogP contribution in [0.5, 0.6) is 17.6 Å². The Morgan fingerprint density at radius 1 is 1.12 bits per heavy atom. The molecule has 0 aliphatic rings. The van der Waals surface area contributed by atoms with E-state index in [1.54, 1.807) is 26.0 Å². The van der Waals surface area contributed by atoms with E-state index in [2.05, 4.69) is 23.7 Å². The number of hydrogen-bond acceptors (Lipinski definition) is 8. The van der Waals surface area contributed by atoms with Crippen LogP contribution in [0.25, 0.3) is 22.7 Å². The minimum Gasteiger partial charge on any atom is -0.417 e. The summed E-state index contributed by atoms with van der Waals surface area (Å²) in [5, 5.41) is 11.8. The van der Waals surface area contributed by atoms with Crippen molar-refractivity contribution in [3.63, 3.8) is 0 Å². The summed E-state index contributed by atoms with van der Waals surface area (Å²) in [5.74, 6) is 0.705. The molecule has 1 aromatic carbocycles. The number of fused-ring (bicyclic) bond motifs is 1. The molecule has 1 radical (unpaired) electrons. The molecule has 24 heavy (non-hydrogen) atoms. The lowest BCUT2D eigenvalue weighted by atomic mass is 10.1. The van der Waals surface area contributed by atoms with E-state index in [1.807, 2.05) is 0 Å². The molecule has 3 heterocycles. The van der Waals surface area contributed by atoms with E-state index in [-0.39, 0.29) is 11.8 Å². The summed E-state index contributed by atoms with van der Waals surface area (Å²) in [5.41, 5.74) is 2.78. The van der Waals surface area contributed by atoms with Crippen LogP contribution in [0, 0.1) is 13.8 Å². The molecule has 4 rings (SSSR count). The van der Waals surface area contributed by atoms with Crippen molar-refractivity contribution in [2.45, 2.75) is 13.8 Å². The van der Waals surface area contributed by atoms with Crippen molar-refractivity contribution in [2.24, 2.45) is 0 Å². The van der Waals surface area contributed by atoms with Gasteiger partial charge in [0.05, 0.1) is 17.9 Å². The Hall–Kier alpha value is -3.07. The van der Waals surface area contributed by atoms with Crippen LogP contribution < -0.4 is 4.74 Å². The van der Waals surface area contributed by atoms with Gasteiger partial charge in [-0.1, -0.05) is 0 Å². The van der Waals surface area contributed by atoms with Crippen molar-refractivity contribution >= 4 is 23.0 Å². The molecule has 0 aliphatic heterocycles. The molecular formula is C15H10N5O3S. The molecule has 0 atom stereocenters. The topological polar surface area (TPSA) is 107 Å². The van der Waals surface area contributed by atoms with Gasteiger partial charge in [0.1, 0.15) is 11.7 Å². The summed E-state index contributed by atoms with van der Waals surface area (Å²) in [4.78, 5) is 12.6. The summed E-state index contributed by atoms with van der Waals surface area (Å²) >= 11 is 1.03. The van der Waals surface area contributed by atoms with Crippen molar-refractivity contribution in [3.8, 4) is 29.1 Å². The number of nitrogens with zero attached hydrogens (tertiary/aromatic N) is 5. The summed E-state index contributed by atoms with van der Waals surface area (Å²) in [7, 11) is 0. The fourth-order valence-electron chi connectivity index (χ4n) is 2.26. The maximum absolute atomic E-state index is 11.8. The molecule has 0 saturated heterocycles. The molecule has 3 aromatic heterocycles. The monoisotopic (exact) mass is 340 g/mol. The number of rotatable bonds is 3. The molecule has 119 valence electrons. The maximum atomic E-state index is 11.8. The number of aromatic nitrogens is 5. The average Bonchev–Trinajstić information content (AvgIpc) is 3.21. The predicted molar refractivity (Wildman–Crippen MR) is 84.6 cm³/mol. The van der Waals surface area contributed by atoms with Gasteiger partial charge in [-0.25, -0.2) is 9.97 Å². The van der Waals surface area contributed by atoms with Crippen LogP contribution in [0.15, 0.2) is 28.9 Å². The van der Waals surface area contributed by atoms with Gasteiger partial charge in [0.2, 0.25) is 5.89 Å². The Labute approximate surface area is 140 Å². The Morgan fingerprint density at radius 3 is 2.62 bits per heavy atom. The molecule has 0 saturated carbocycles. The molecule has 0 fully saturated rings. The highest BCUT2D eigenvalue weighted by Crippen LogP contribution is 2.31. The second-order valence-electron chi connectivity index (χ2n) is 5.15. The van der Waals surface area contributed by atoms with Crippen molar-refractivity contribution in [1.82, 2.24) is 23.7 Å². The first-order valence-corrected chi connectivity index (χ1v) is 7.71. The lowest BCUT2D eigenvalue weighted by Gasteiger charge is -2.02. The lowest BCUT2D eigenvalue weighted by Crippen LogP contribution is -1.91. The van der Waals surface area contributed by atoms with E-state index in [0.717, 1.165) is 11.7 Å². The molecule has 0 unspecified atom stereocenters. The second-order valence-corrected chi connectivity index (χ2v) is 5.71. The molecule has 0 amide bonds. The number of aryl methyl sites for hydroxylation is 2. The molecule has 0 bridgehead atoms. The SMILES string of the molecule is Cc1cc(-c2nc3cnc(Oc4cnsn4)nc3o2)cc(C)c1[O]. The first-order chi connectivity index (χ1) is 11.6. The molecular weight excluding hydrogens is 330 g/mol. The molecule has 4 aromatic rings. The molecule has 8 nitrogen and oxygen atoms in total. The van der Waals surface area contributed by atoms with E-state index in [0.29, 0.717) is 39.7 Å². The minimum atomic E-state index is 0.0159. The van der Waals surface area contributed by atoms with Gasteiger partial charge in [-0.3, -0.25) is 5.11 Å². The highest BCUT2D eigenvalue weighted by atomic mass is 32.1. The number of benzene rings is 1. The molecule has 0 aliphatic carbocycles. The molecule has 9 heteroatoms. The normalized spacial score (nSPS) is 11.1. The summed E-state index contributed by atoms with van der Waals surface area (Å²) in [6.45, 7) is 3.52. The van der Waals surface area contributed by atoms with Gasteiger partial charge in [0.25, 0.3) is 11.6 Å². The second kappa shape index (κ2) is 5.53. The van der Waals surface area contributed by atoms with Crippen LogP contribution in [0.3, 0.4) is 0 Å². The largest absolute Gasteiger partial charge is 0.417 e. The maximum Gasteiger partial charge on any atom is 0.326 e. The highest BCUT2D eigenvalue weighted by Gasteiger charge is 2.15. The van der Waals surface area contributed by atoms with E-state index in [4.69, 9.17) is 9.15 Å². The molecule has 0 N–H and O–H groups in total. The van der Waals surface area contributed by atoms with Crippen LogP contribution >= 0.6 is 11.7 Å². The van der Waals surface area contributed by atoms with Crippen LogP contribution in [0.1, 0.15) is 11.1 Å². The summed E-state index contributed by atoms with van der Waals surface area (Å²) < 4.78 is 18.8. The van der Waals surface area contributed by atoms with Gasteiger partial charge in [0.15, 0.2) is 5.75 Å². The zero-order valence-corrected chi connectivity index (χ0v) is 13.5. The lowest BCUT2D eigenvalue weighted by molar-refractivity contribution is 0.348. The third-order valence-corrected chi connectivity index (χ3v) is 3.83. The highest BCUT2D eigenvalue weighted by molar-refractivity contribution is 6.99. The Morgan fingerprint density at radius 2 is 1.92 bits per heavy atom. The van der Waals surface area contributed by atoms with Crippen LogP contribution in [0.2, 0.25) is 0 Å². The zero-order valence-electron chi connectivity index (χ0n) is 12.7. The van der Waals surface area contributed by atoms with Crippen molar-refractivity contribution in [2.75, 3.05) is 0 Å². The number of oxazole rings is 1. The summed E-state index contributed by atoms with van der Waals surface area (Å²) in [6, 6.07) is 3.58. The van der Waals surface area contributed by atoms with Gasteiger partial charge in [-0.2, -0.15) is 9.36 Å². The standard InChI is InChI=1S/C15H10N5O3S/c1-7-3-9(4-8(2)12(7)21)13-18-10-5-16-15(19-14(10)23-13)22-11-6-17-24-20-11/h3-6H,1-2H3.